The standard InChI is InChI=1S/C12H16ClFN2O/c1-7(2)6-16-11(12(15)17)8-4-3-5-9(13)10(8)14/h3-5,7,11,16H,6H2,1-2H3,(H2,15,17). The Hall–Kier alpha value is -1.13. The molecule has 5 heteroatoms. The third-order valence-corrected chi connectivity index (χ3v) is 2.60. The van der Waals surface area contributed by atoms with Crippen molar-refractivity contribution in [2.75, 3.05) is 6.54 Å². The summed E-state index contributed by atoms with van der Waals surface area (Å²) in [6, 6.07) is 3.68. The van der Waals surface area contributed by atoms with Gasteiger partial charge in [-0.2, -0.15) is 0 Å². The van der Waals surface area contributed by atoms with Crippen LogP contribution >= 0.6 is 11.6 Å². The first kappa shape index (κ1) is 13.9. The van der Waals surface area contributed by atoms with Gasteiger partial charge in [0.25, 0.3) is 0 Å². The lowest BCUT2D eigenvalue weighted by Crippen LogP contribution is -2.36. The number of carbonyl (C=O) groups is 1. The smallest absolute Gasteiger partial charge is 0.239 e. The lowest BCUT2D eigenvalue weighted by atomic mass is 10.0. The highest BCUT2D eigenvalue weighted by atomic mass is 35.5. The number of primary amides is 1. The number of hydrogen-bond donors (Lipinski definition) is 2. The van der Waals surface area contributed by atoms with Crippen LogP contribution in [-0.4, -0.2) is 12.5 Å². The normalized spacial score (nSPS) is 12.8. The second-order valence-electron chi connectivity index (χ2n) is 4.28. The average molecular weight is 259 g/mol. The number of rotatable bonds is 5. The first-order valence-corrected chi connectivity index (χ1v) is 5.78. The molecule has 0 saturated heterocycles. The Balaban J connectivity index is 2.97. The van der Waals surface area contributed by atoms with E-state index in [1.807, 2.05) is 13.8 Å². The van der Waals surface area contributed by atoms with E-state index in [9.17, 15) is 9.18 Å². The van der Waals surface area contributed by atoms with Gasteiger partial charge in [-0.15, -0.1) is 0 Å². The Kier molecular flexibility index (Phi) is 4.90. The van der Waals surface area contributed by atoms with Gasteiger partial charge in [-0.25, -0.2) is 4.39 Å². The highest BCUT2D eigenvalue weighted by Gasteiger charge is 2.22. The van der Waals surface area contributed by atoms with Gasteiger partial charge in [0.05, 0.1) is 5.02 Å². The van der Waals surface area contributed by atoms with Crippen molar-refractivity contribution in [1.82, 2.24) is 5.32 Å². The summed E-state index contributed by atoms with van der Waals surface area (Å²) in [7, 11) is 0. The van der Waals surface area contributed by atoms with Crippen molar-refractivity contribution in [3.63, 3.8) is 0 Å². The van der Waals surface area contributed by atoms with Crippen molar-refractivity contribution in [3.8, 4) is 0 Å². The van der Waals surface area contributed by atoms with Gasteiger partial charge in [0.2, 0.25) is 5.91 Å². The largest absolute Gasteiger partial charge is 0.368 e. The molecule has 17 heavy (non-hydrogen) atoms. The molecule has 3 N–H and O–H groups in total. The maximum absolute atomic E-state index is 13.8. The van der Waals surface area contributed by atoms with E-state index in [-0.39, 0.29) is 10.6 Å². The first-order valence-electron chi connectivity index (χ1n) is 5.40. The molecular formula is C12H16ClFN2O. The summed E-state index contributed by atoms with van der Waals surface area (Å²) in [5.41, 5.74) is 5.45. The Morgan fingerprint density at radius 2 is 2.18 bits per heavy atom. The van der Waals surface area contributed by atoms with E-state index in [1.54, 1.807) is 6.07 Å². The van der Waals surface area contributed by atoms with Gasteiger partial charge < -0.3 is 11.1 Å². The van der Waals surface area contributed by atoms with E-state index in [0.717, 1.165) is 0 Å². The fourth-order valence-electron chi connectivity index (χ4n) is 1.46. The van der Waals surface area contributed by atoms with Gasteiger partial charge in [0.15, 0.2) is 0 Å². The minimum absolute atomic E-state index is 0.0138. The molecule has 1 unspecified atom stereocenters. The van der Waals surface area contributed by atoms with Crippen LogP contribution in [0.25, 0.3) is 0 Å². The second-order valence-corrected chi connectivity index (χ2v) is 4.69. The van der Waals surface area contributed by atoms with Gasteiger partial charge >= 0.3 is 0 Å². The van der Waals surface area contributed by atoms with Crippen molar-refractivity contribution in [2.24, 2.45) is 11.7 Å². The number of hydrogen-bond acceptors (Lipinski definition) is 2. The van der Waals surface area contributed by atoms with Gasteiger partial charge in [0, 0.05) is 5.56 Å². The minimum Gasteiger partial charge on any atom is -0.368 e. The zero-order valence-corrected chi connectivity index (χ0v) is 10.6. The van der Waals surface area contributed by atoms with Crippen LogP contribution in [0.15, 0.2) is 18.2 Å². The first-order chi connectivity index (χ1) is 7.93. The summed E-state index contributed by atoms with van der Waals surface area (Å²) in [6.07, 6.45) is 0. The fourth-order valence-corrected chi connectivity index (χ4v) is 1.64. The third kappa shape index (κ3) is 3.68. The molecule has 0 aromatic heterocycles. The molecule has 1 aromatic carbocycles. The van der Waals surface area contributed by atoms with Gasteiger partial charge in [-0.3, -0.25) is 4.79 Å². The monoisotopic (exact) mass is 258 g/mol. The predicted molar refractivity (Wildman–Crippen MR) is 66.2 cm³/mol. The molecule has 0 bridgehead atoms. The summed E-state index contributed by atoms with van der Waals surface area (Å²) >= 11 is 5.67. The summed E-state index contributed by atoms with van der Waals surface area (Å²) in [5.74, 6) is -0.889. The van der Waals surface area contributed by atoms with Crippen molar-refractivity contribution >= 4 is 17.5 Å². The Labute approximate surface area is 105 Å². The summed E-state index contributed by atoms with van der Waals surface area (Å²) in [6.45, 7) is 4.54. The summed E-state index contributed by atoms with van der Waals surface area (Å²) in [5, 5.41) is 2.92. The summed E-state index contributed by atoms with van der Waals surface area (Å²) in [4.78, 5) is 11.3. The summed E-state index contributed by atoms with van der Waals surface area (Å²) < 4.78 is 13.8. The lowest BCUT2D eigenvalue weighted by molar-refractivity contribution is -0.120. The molecule has 1 aromatic rings. The van der Waals surface area contributed by atoms with Crippen LogP contribution in [0.2, 0.25) is 5.02 Å². The van der Waals surface area contributed by atoms with Crippen molar-refractivity contribution in [2.45, 2.75) is 19.9 Å². The molecule has 3 nitrogen and oxygen atoms in total. The van der Waals surface area contributed by atoms with Crippen LogP contribution in [0.5, 0.6) is 0 Å². The molecule has 1 amide bonds. The molecule has 0 aliphatic carbocycles. The zero-order valence-electron chi connectivity index (χ0n) is 9.84. The Morgan fingerprint density at radius 1 is 1.53 bits per heavy atom. The van der Waals surface area contributed by atoms with Crippen LogP contribution in [0.1, 0.15) is 25.5 Å². The Morgan fingerprint density at radius 3 is 2.71 bits per heavy atom. The molecular weight excluding hydrogens is 243 g/mol. The highest BCUT2D eigenvalue weighted by Crippen LogP contribution is 2.23. The Bertz CT molecular complexity index is 409. The van der Waals surface area contributed by atoms with Crippen LogP contribution in [-0.2, 0) is 4.79 Å². The topological polar surface area (TPSA) is 55.1 Å². The van der Waals surface area contributed by atoms with E-state index in [0.29, 0.717) is 12.5 Å². The van der Waals surface area contributed by atoms with Crippen molar-refractivity contribution < 1.29 is 9.18 Å². The maximum atomic E-state index is 13.8. The van der Waals surface area contributed by atoms with E-state index >= 15 is 0 Å². The van der Waals surface area contributed by atoms with Gasteiger partial charge in [0.1, 0.15) is 11.9 Å². The molecule has 0 aliphatic rings. The molecule has 94 valence electrons. The van der Waals surface area contributed by atoms with E-state index in [4.69, 9.17) is 17.3 Å². The number of carbonyl (C=O) groups excluding carboxylic acids is 1. The zero-order chi connectivity index (χ0) is 13.0. The van der Waals surface area contributed by atoms with Crippen molar-refractivity contribution in [1.29, 1.82) is 0 Å². The number of amides is 1. The molecule has 0 saturated carbocycles. The minimum atomic E-state index is -0.851. The molecule has 0 aliphatic heterocycles. The molecule has 1 atom stereocenters. The van der Waals surface area contributed by atoms with Crippen LogP contribution in [0, 0.1) is 11.7 Å². The lowest BCUT2D eigenvalue weighted by Gasteiger charge is -2.18. The SMILES string of the molecule is CC(C)CNC(C(N)=O)c1cccc(Cl)c1F. The number of nitrogens with two attached hydrogens (primary N) is 1. The van der Waals surface area contributed by atoms with Crippen molar-refractivity contribution in [3.05, 3.63) is 34.6 Å². The number of nitrogens with one attached hydrogen (secondary N) is 1. The highest BCUT2D eigenvalue weighted by molar-refractivity contribution is 6.30. The second kappa shape index (κ2) is 5.98. The predicted octanol–water partition coefficient (Wildman–Crippen LogP) is 2.25. The molecule has 0 spiro atoms. The molecule has 0 radical (unpaired) electrons. The van der Waals surface area contributed by atoms with E-state index in [2.05, 4.69) is 5.32 Å². The number of benzene rings is 1. The van der Waals surface area contributed by atoms with Gasteiger partial charge in [-0.1, -0.05) is 37.6 Å². The average Bonchev–Trinajstić information content (AvgIpc) is 2.23. The van der Waals surface area contributed by atoms with Crippen LogP contribution < -0.4 is 11.1 Å². The third-order valence-electron chi connectivity index (χ3n) is 2.31. The molecule has 1 rings (SSSR count). The number of halogens is 2. The fraction of sp³-hybridized carbons (Fsp3) is 0.417. The van der Waals surface area contributed by atoms with Gasteiger partial charge in [-0.05, 0) is 18.5 Å². The molecule has 0 heterocycles. The van der Waals surface area contributed by atoms with E-state index in [1.165, 1.54) is 12.1 Å². The maximum Gasteiger partial charge on any atom is 0.239 e. The van der Waals surface area contributed by atoms with Crippen LogP contribution in [0.4, 0.5) is 4.39 Å². The molecule has 0 fully saturated rings. The van der Waals surface area contributed by atoms with E-state index < -0.39 is 17.8 Å². The van der Waals surface area contributed by atoms with Crippen LogP contribution in [0.3, 0.4) is 0 Å². The quantitative estimate of drug-likeness (QED) is 0.851.